The van der Waals surface area contributed by atoms with E-state index >= 15 is 0 Å². The van der Waals surface area contributed by atoms with Crippen LogP contribution in [0.2, 0.25) is 10.3 Å². The second kappa shape index (κ2) is 6.02. The monoisotopic (exact) mass is 356 g/mol. The smallest absolute Gasteiger partial charge is 0.295 e. The Bertz CT molecular complexity index is 877. The molecule has 4 nitrogen and oxygen atoms in total. The van der Waals surface area contributed by atoms with Crippen LogP contribution in [0, 0.1) is 0 Å². The zero-order valence-electron chi connectivity index (χ0n) is 12.3. The first-order valence-electron chi connectivity index (χ1n) is 6.87. The van der Waals surface area contributed by atoms with Crippen LogP contribution in [0.4, 0.5) is 8.78 Å². The zero-order valence-corrected chi connectivity index (χ0v) is 13.8. The number of benzene rings is 1. The first-order valence-corrected chi connectivity index (χ1v) is 7.62. The van der Waals surface area contributed by atoms with Gasteiger partial charge in [0.2, 0.25) is 5.28 Å². The van der Waals surface area contributed by atoms with Crippen LogP contribution in [0.1, 0.15) is 32.1 Å². The third-order valence-corrected chi connectivity index (χ3v) is 3.88. The first-order chi connectivity index (χ1) is 10.9. The molecule has 0 aliphatic rings. The summed E-state index contributed by atoms with van der Waals surface area (Å²) >= 11 is 11.9. The highest BCUT2D eigenvalue weighted by molar-refractivity contribution is 6.33. The van der Waals surface area contributed by atoms with Crippen molar-refractivity contribution in [3.05, 3.63) is 40.5 Å². The van der Waals surface area contributed by atoms with Gasteiger partial charge in [0.15, 0.2) is 5.82 Å². The molecule has 0 N–H and O–H groups in total. The molecule has 1 aromatic carbocycles. The number of rotatable bonds is 3. The number of alkyl halides is 2. The second-order valence-corrected chi connectivity index (χ2v) is 6.02. The number of aromatic nitrogens is 4. The summed E-state index contributed by atoms with van der Waals surface area (Å²) in [7, 11) is 0. The van der Waals surface area contributed by atoms with E-state index < -0.39 is 6.43 Å². The predicted octanol–water partition coefficient (Wildman–Crippen LogP) is 5.32. The predicted molar refractivity (Wildman–Crippen MR) is 86.1 cm³/mol. The number of halogens is 4. The summed E-state index contributed by atoms with van der Waals surface area (Å²) in [5, 5.41) is 0.397. The van der Waals surface area contributed by atoms with E-state index in [1.165, 1.54) is 10.8 Å². The molecule has 0 fully saturated rings. The molecule has 0 saturated heterocycles. The molecule has 0 spiro atoms. The van der Waals surface area contributed by atoms with Crippen molar-refractivity contribution in [2.45, 2.75) is 26.3 Å². The van der Waals surface area contributed by atoms with Crippen molar-refractivity contribution in [1.29, 1.82) is 0 Å². The van der Waals surface area contributed by atoms with Gasteiger partial charge in [-0.2, -0.15) is 0 Å². The lowest BCUT2D eigenvalue weighted by molar-refractivity contribution is 0.134. The van der Waals surface area contributed by atoms with E-state index in [-0.39, 0.29) is 17.1 Å². The maximum Gasteiger partial charge on any atom is 0.295 e. The summed E-state index contributed by atoms with van der Waals surface area (Å²) < 4.78 is 28.0. The van der Waals surface area contributed by atoms with Crippen LogP contribution >= 0.6 is 23.2 Å². The molecule has 0 aliphatic carbocycles. The standard InChI is InChI=1S/C15H12Cl2F2N4/c1-7(2)23-11-5-8(12-9(16)6-20-15(17)22-12)3-4-10(11)21-14(23)13(18)19/h3-7,13H,1-2H3. The quantitative estimate of drug-likeness (QED) is 0.596. The van der Waals surface area contributed by atoms with Crippen LogP contribution in [-0.4, -0.2) is 19.5 Å². The Morgan fingerprint density at radius 3 is 2.52 bits per heavy atom. The van der Waals surface area contributed by atoms with E-state index in [0.29, 0.717) is 27.3 Å². The summed E-state index contributed by atoms with van der Waals surface area (Å²) in [5.41, 5.74) is 2.20. The van der Waals surface area contributed by atoms with Crippen molar-refractivity contribution in [2.24, 2.45) is 0 Å². The average Bonchev–Trinajstić information content (AvgIpc) is 2.88. The fourth-order valence-electron chi connectivity index (χ4n) is 2.50. The summed E-state index contributed by atoms with van der Waals surface area (Å²) in [6.45, 7) is 3.66. The second-order valence-electron chi connectivity index (χ2n) is 5.27. The van der Waals surface area contributed by atoms with Gasteiger partial charge in [-0.3, -0.25) is 0 Å². The number of hydrogen-bond donors (Lipinski definition) is 0. The number of fused-ring (bicyclic) bond motifs is 1. The van der Waals surface area contributed by atoms with E-state index in [9.17, 15) is 8.78 Å². The van der Waals surface area contributed by atoms with Gasteiger partial charge in [0.05, 0.1) is 27.9 Å². The van der Waals surface area contributed by atoms with Crippen molar-refractivity contribution in [3.8, 4) is 11.3 Å². The maximum atomic E-state index is 13.2. The Balaban J connectivity index is 2.26. The van der Waals surface area contributed by atoms with Gasteiger partial charge in [-0.05, 0) is 37.6 Å². The van der Waals surface area contributed by atoms with E-state index in [1.54, 1.807) is 18.2 Å². The largest absolute Gasteiger partial charge is 0.321 e. The number of hydrogen-bond acceptors (Lipinski definition) is 3. The van der Waals surface area contributed by atoms with Crippen molar-refractivity contribution in [2.75, 3.05) is 0 Å². The third kappa shape index (κ3) is 2.88. The molecular formula is C15H12Cl2F2N4. The minimum absolute atomic E-state index is 0.0649. The fraction of sp³-hybridized carbons (Fsp3) is 0.267. The molecule has 0 amide bonds. The minimum atomic E-state index is -2.65. The molecular weight excluding hydrogens is 345 g/mol. The fourth-order valence-corrected chi connectivity index (χ4v) is 2.84. The molecule has 0 saturated carbocycles. The van der Waals surface area contributed by atoms with Crippen LogP contribution < -0.4 is 0 Å². The van der Waals surface area contributed by atoms with E-state index in [1.807, 2.05) is 13.8 Å². The lowest BCUT2D eigenvalue weighted by Gasteiger charge is -2.13. The minimum Gasteiger partial charge on any atom is -0.321 e. The highest BCUT2D eigenvalue weighted by Crippen LogP contribution is 2.32. The Hall–Kier alpha value is -1.79. The van der Waals surface area contributed by atoms with E-state index in [2.05, 4.69) is 15.0 Å². The van der Waals surface area contributed by atoms with Crippen molar-refractivity contribution in [3.63, 3.8) is 0 Å². The lowest BCUT2D eigenvalue weighted by Crippen LogP contribution is -2.06. The van der Waals surface area contributed by atoms with Crippen molar-refractivity contribution >= 4 is 34.2 Å². The summed E-state index contributed by atoms with van der Waals surface area (Å²) in [6.07, 6.45) is -1.24. The summed E-state index contributed by atoms with van der Waals surface area (Å²) in [5.74, 6) is -0.251. The average molecular weight is 357 g/mol. The van der Waals surface area contributed by atoms with Gasteiger partial charge in [0.1, 0.15) is 0 Å². The maximum absolute atomic E-state index is 13.2. The van der Waals surface area contributed by atoms with Crippen LogP contribution in [0.5, 0.6) is 0 Å². The molecule has 3 rings (SSSR count). The van der Waals surface area contributed by atoms with Crippen LogP contribution in [-0.2, 0) is 0 Å². The summed E-state index contributed by atoms with van der Waals surface area (Å²) in [6, 6.07) is 4.96. The highest BCUT2D eigenvalue weighted by atomic mass is 35.5. The van der Waals surface area contributed by atoms with Crippen LogP contribution in [0.25, 0.3) is 22.3 Å². The Labute approximate surface area is 141 Å². The molecule has 0 atom stereocenters. The van der Waals surface area contributed by atoms with Gasteiger partial charge >= 0.3 is 0 Å². The summed E-state index contributed by atoms with van der Waals surface area (Å²) in [4.78, 5) is 11.9. The third-order valence-electron chi connectivity index (χ3n) is 3.42. The molecule has 23 heavy (non-hydrogen) atoms. The Kier molecular flexibility index (Phi) is 4.21. The molecule has 2 heterocycles. The normalized spacial score (nSPS) is 11.8. The Morgan fingerprint density at radius 1 is 1.13 bits per heavy atom. The van der Waals surface area contributed by atoms with Gasteiger partial charge in [-0.1, -0.05) is 17.7 Å². The van der Waals surface area contributed by atoms with Crippen LogP contribution in [0.15, 0.2) is 24.4 Å². The first kappa shape index (κ1) is 16.1. The molecule has 3 aromatic rings. The highest BCUT2D eigenvalue weighted by Gasteiger charge is 2.21. The number of imidazole rings is 1. The van der Waals surface area contributed by atoms with E-state index in [4.69, 9.17) is 23.2 Å². The molecule has 8 heteroatoms. The molecule has 2 aromatic heterocycles. The molecule has 0 aliphatic heterocycles. The Morgan fingerprint density at radius 2 is 1.87 bits per heavy atom. The molecule has 0 bridgehead atoms. The SMILES string of the molecule is CC(C)n1c(C(F)F)nc2ccc(-c3nc(Cl)ncc3Cl)cc21. The van der Waals surface area contributed by atoms with Gasteiger partial charge in [-0.25, -0.2) is 23.7 Å². The van der Waals surface area contributed by atoms with Crippen molar-refractivity contribution < 1.29 is 8.78 Å². The van der Waals surface area contributed by atoms with Gasteiger partial charge < -0.3 is 4.57 Å². The van der Waals surface area contributed by atoms with Gasteiger partial charge in [-0.15, -0.1) is 0 Å². The lowest BCUT2D eigenvalue weighted by atomic mass is 10.1. The molecule has 0 unspecified atom stereocenters. The van der Waals surface area contributed by atoms with Gasteiger partial charge in [0.25, 0.3) is 6.43 Å². The van der Waals surface area contributed by atoms with E-state index in [0.717, 1.165) is 0 Å². The van der Waals surface area contributed by atoms with Crippen molar-refractivity contribution in [1.82, 2.24) is 19.5 Å². The van der Waals surface area contributed by atoms with Gasteiger partial charge in [0, 0.05) is 11.6 Å². The molecule has 0 radical (unpaired) electrons. The zero-order chi connectivity index (χ0) is 16.7. The molecule has 120 valence electrons. The topological polar surface area (TPSA) is 43.6 Å². The number of nitrogens with zero attached hydrogens (tertiary/aromatic N) is 4. The van der Waals surface area contributed by atoms with Crippen LogP contribution in [0.3, 0.4) is 0 Å².